The zero-order valence-electron chi connectivity index (χ0n) is 18.3. The van der Waals surface area contributed by atoms with E-state index in [1.807, 2.05) is 6.07 Å². The third kappa shape index (κ3) is 7.57. The molecular weight excluding hydrogens is 368 g/mol. The van der Waals surface area contributed by atoms with Crippen LogP contribution in [0.5, 0.6) is 5.75 Å². The number of piperidine rings is 1. The monoisotopic (exact) mass is 404 g/mol. The molecule has 0 unspecified atom stereocenters. The van der Waals surface area contributed by atoms with E-state index in [2.05, 4.69) is 34.4 Å². The number of carbonyl (C=O) groups is 1. The fraction of sp³-hybridized carbons (Fsp3) is 0.636. The quantitative estimate of drug-likeness (QED) is 0.285. The van der Waals surface area contributed by atoms with Gasteiger partial charge in [0.2, 0.25) is 0 Å². The summed E-state index contributed by atoms with van der Waals surface area (Å²) in [4.78, 5) is 19.1. The molecule has 2 N–H and O–H groups in total. The molecule has 1 saturated heterocycles. The predicted octanol–water partition coefficient (Wildman–Crippen LogP) is 2.66. The van der Waals surface area contributed by atoms with Crippen molar-refractivity contribution in [3.05, 3.63) is 29.3 Å². The molecule has 1 aliphatic rings. The van der Waals surface area contributed by atoms with Crippen LogP contribution in [0.3, 0.4) is 0 Å². The van der Waals surface area contributed by atoms with Crippen LogP contribution in [0.25, 0.3) is 0 Å². The van der Waals surface area contributed by atoms with Crippen molar-refractivity contribution in [1.29, 1.82) is 0 Å². The molecule has 1 heterocycles. The van der Waals surface area contributed by atoms with E-state index in [1.54, 1.807) is 12.1 Å². The highest BCUT2D eigenvalue weighted by Gasteiger charge is 2.15. The topological polar surface area (TPSA) is 75.2 Å². The van der Waals surface area contributed by atoms with Gasteiger partial charge in [0.15, 0.2) is 5.96 Å². The van der Waals surface area contributed by atoms with Gasteiger partial charge in [-0.1, -0.05) is 13.0 Å². The van der Waals surface area contributed by atoms with Crippen LogP contribution in [0.15, 0.2) is 23.2 Å². The summed E-state index contributed by atoms with van der Waals surface area (Å²) in [7, 11) is 2.90. The van der Waals surface area contributed by atoms with Crippen LogP contribution in [0.1, 0.15) is 49.0 Å². The largest absolute Gasteiger partial charge is 0.496 e. The van der Waals surface area contributed by atoms with Gasteiger partial charge in [0, 0.05) is 13.1 Å². The van der Waals surface area contributed by atoms with Gasteiger partial charge in [0.25, 0.3) is 0 Å². The molecule has 7 heteroatoms. The fourth-order valence-electron chi connectivity index (χ4n) is 3.43. The zero-order chi connectivity index (χ0) is 21.1. The summed E-state index contributed by atoms with van der Waals surface area (Å²) in [5, 5.41) is 6.68. The maximum atomic E-state index is 11.9. The second-order valence-electron chi connectivity index (χ2n) is 7.53. The molecule has 1 aromatic carbocycles. The van der Waals surface area contributed by atoms with Gasteiger partial charge in [-0.25, -0.2) is 9.79 Å². The van der Waals surface area contributed by atoms with Crippen molar-refractivity contribution in [2.45, 2.75) is 39.7 Å². The van der Waals surface area contributed by atoms with Crippen LogP contribution in [0, 0.1) is 5.92 Å². The Bertz CT molecular complexity index is 670. The number of nitrogens with zero attached hydrogens (tertiary/aromatic N) is 2. The van der Waals surface area contributed by atoms with Crippen molar-refractivity contribution < 1.29 is 14.3 Å². The van der Waals surface area contributed by atoms with Gasteiger partial charge >= 0.3 is 5.97 Å². The number of hydrogen-bond acceptors (Lipinski definition) is 5. The van der Waals surface area contributed by atoms with Crippen molar-refractivity contribution in [3.63, 3.8) is 0 Å². The molecule has 1 fully saturated rings. The molecule has 2 rings (SSSR count). The number of carbonyl (C=O) groups excluding carboxylic acids is 1. The standard InChI is InChI=1S/C22H36N4O3/c1-5-23-22(24-11-6-12-26-13-9-17(2)10-14-26)25-16-18-7-8-20(28-3)19(15-18)21(27)29-4/h7-8,15,17H,5-6,9-14,16H2,1-4H3,(H2,23,24,25). The van der Waals surface area contributed by atoms with Crippen LogP contribution in [0.2, 0.25) is 0 Å². The molecule has 0 amide bonds. The Labute approximate surface area is 174 Å². The highest BCUT2D eigenvalue weighted by Crippen LogP contribution is 2.21. The molecule has 7 nitrogen and oxygen atoms in total. The highest BCUT2D eigenvalue weighted by atomic mass is 16.5. The average molecular weight is 405 g/mol. The summed E-state index contributed by atoms with van der Waals surface area (Å²) in [5.74, 6) is 1.75. The minimum absolute atomic E-state index is 0.412. The maximum absolute atomic E-state index is 11.9. The number of esters is 1. The highest BCUT2D eigenvalue weighted by molar-refractivity contribution is 5.92. The summed E-state index contributed by atoms with van der Waals surface area (Å²) in [6.45, 7) is 10.1. The number of benzene rings is 1. The minimum Gasteiger partial charge on any atom is -0.496 e. The van der Waals surface area contributed by atoms with Gasteiger partial charge in [-0.15, -0.1) is 0 Å². The van der Waals surface area contributed by atoms with Crippen LogP contribution in [-0.4, -0.2) is 63.8 Å². The molecule has 0 spiro atoms. The van der Waals surface area contributed by atoms with Crippen molar-refractivity contribution >= 4 is 11.9 Å². The summed E-state index contributed by atoms with van der Waals surface area (Å²) in [6.07, 6.45) is 3.72. The lowest BCUT2D eigenvalue weighted by Crippen LogP contribution is -2.39. The van der Waals surface area contributed by atoms with E-state index in [-0.39, 0.29) is 0 Å². The summed E-state index contributed by atoms with van der Waals surface area (Å²) in [6, 6.07) is 5.46. The first-order valence-corrected chi connectivity index (χ1v) is 10.6. The number of hydrogen-bond donors (Lipinski definition) is 2. The van der Waals surface area contributed by atoms with E-state index in [4.69, 9.17) is 9.47 Å². The molecule has 0 bridgehead atoms. The van der Waals surface area contributed by atoms with Crippen molar-refractivity contribution in [2.24, 2.45) is 10.9 Å². The number of ether oxygens (including phenoxy) is 2. The molecular formula is C22H36N4O3. The number of aliphatic imine (C=N–C) groups is 1. The number of likely N-dealkylation sites (tertiary alicyclic amines) is 1. The van der Waals surface area contributed by atoms with Crippen LogP contribution in [-0.2, 0) is 11.3 Å². The first-order chi connectivity index (χ1) is 14.1. The Kier molecular flexibility index (Phi) is 9.77. The molecule has 0 aromatic heterocycles. The first kappa shape index (κ1) is 23.0. The first-order valence-electron chi connectivity index (χ1n) is 10.6. The Balaban J connectivity index is 1.87. The van der Waals surface area contributed by atoms with E-state index in [9.17, 15) is 4.79 Å². The predicted molar refractivity (Wildman–Crippen MR) is 117 cm³/mol. The number of rotatable bonds is 9. The second-order valence-corrected chi connectivity index (χ2v) is 7.53. The average Bonchev–Trinajstić information content (AvgIpc) is 2.75. The Morgan fingerprint density at radius 2 is 2.00 bits per heavy atom. The van der Waals surface area contributed by atoms with E-state index < -0.39 is 5.97 Å². The maximum Gasteiger partial charge on any atom is 0.341 e. The van der Waals surface area contributed by atoms with Crippen LogP contribution in [0.4, 0.5) is 0 Å². The Morgan fingerprint density at radius 1 is 1.24 bits per heavy atom. The molecule has 29 heavy (non-hydrogen) atoms. The van der Waals surface area contributed by atoms with E-state index in [0.29, 0.717) is 17.9 Å². The van der Waals surface area contributed by atoms with Crippen molar-refractivity contribution in [2.75, 3.05) is 46.9 Å². The number of guanidine groups is 1. The Morgan fingerprint density at radius 3 is 2.66 bits per heavy atom. The molecule has 0 atom stereocenters. The smallest absolute Gasteiger partial charge is 0.341 e. The fourth-order valence-corrected chi connectivity index (χ4v) is 3.43. The molecule has 0 aliphatic carbocycles. The number of methoxy groups -OCH3 is 2. The molecule has 0 saturated carbocycles. The summed E-state index contributed by atoms with van der Waals surface area (Å²) >= 11 is 0. The molecule has 1 aliphatic heterocycles. The molecule has 162 valence electrons. The lowest BCUT2D eigenvalue weighted by Gasteiger charge is -2.30. The van der Waals surface area contributed by atoms with Crippen LogP contribution < -0.4 is 15.4 Å². The third-order valence-corrected chi connectivity index (χ3v) is 5.25. The van der Waals surface area contributed by atoms with Gasteiger partial charge in [0.05, 0.1) is 20.8 Å². The third-order valence-electron chi connectivity index (χ3n) is 5.25. The van der Waals surface area contributed by atoms with Gasteiger partial charge in [-0.3, -0.25) is 0 Å². The minimum atomic E-state index is -0.412. The molecule has 1 aromatic rings. The SMILES string of the molecule is CCNC(=NCc1ccc(OC)c(C(=O)OC)c1)NCCCN1CCC(C)CC1. The van der Waals surface area contributed by atoms with E-state index >= 15 is 0 Å². The normalized spacial score (nSPS) is 15.8. The number of nitrogens with one attached hydrogen (secondary N) is 2. The summed E-state index contributed by atoms with van der Waals surface area (Å²) in [5.41, 5.74) is 1.34. The van der Waals surface area contributed by atoms with E-state index in [0.717, 1.165) is 43.5 Å². The van der Waals surface area contributed by atoms with Crippen molar-refractivity contribution in [3.8, 4) is 5.75 Å². The summed E-state index contributed by atoms with van der Waals surface area (Å²) < 4.78 is 10.1. The van der Waals surface area contributed by atoms with Crippen LogP contribution >= 0.6 is 0 Å². The van der Waals surface area contributed by atoms with Gasteiger partial charge < -0.3 is 25.0 Å². The zero-order valence-corrected chi connectivity index (χ0v) is 18.3. The van der Waals surface area contributed by atoms with Crippen molar-refractivity contribution in [1.82, 2.24) is 15.5 Å². The Hall–Kier alpha value is -2.28. The lowest BCUT2D eigenvalue weighted by atomic mass is 9.99. The lowest BCUT2D eigenvalue weighted by molar-refractivity contribution is 0.0597. The second kappa shape index (κ2) is 12.3. The van der Waals surface area contributed by atoms with E-state index in [1.165, 1.54) is 40.2 Å². The van der Waals surface area contributed by atoms with Gasteiger partial charge in [-0.2, -0.15) is 0 Å². The van der Waals surface area contributed by atoms with Gasteiger partial charge in [0.1, 0.15) is 11.3 Å². The molecule has 0 radical (unpaired) electrons. The van der Waals surface area contributed by atoms with Gasteiger partial charge in [-0.05, 0) is 69.4 Å².